The van der Waals surface area contributed by atoms with Crippen LogP contribution in [0.4, 0.5) is 0 Å². The normalized spacial score (nSPS) is 20.3. The first-order valence-corrected chi connectivity index (χ1v) is 11.1. The maximum Gasteiger partial charge on any atom is 0.344 e. The third kappa shape index (κ3) is 4.80. The predicted octanol–water partition coefficient (Wildman–Crippen LogP) is 6.21. The van der Waals surface area contributed by atoms with Crippen LogP contribution in [0.15, 0.2) is 76.0 Å². The minimum Gasteiger partial charge on any atom is -0.427 e. The Bertz CT molecular complexity index is 1330. The van der Waals surface area contributed by atoms with Gasteiger partial charge in [-0.2, -0.15) is 0 Å². The zero-order valence-corrected chi connectivity index (χ0v) is 20.0. The van der Waals surface area contributed by atoms with Crippen molar-refractivity contribution in [2.24, 2.45) is 5.41 Å². The second kappa shape index (κ2) is 8.92. The van der Waals surface area contributed by atoms with Gasteiger partial charge in [0, 0.05) is 30.6 Å². The summed E-state index contributed by atoms with van der Waals surface area (Å²) in [6.07, 6.45) is 17.5. The molecule has 0 spiro atoms. The van der Waals surface area contributed by atoms with E-state index in [1.54, 1.807) is 25.3 Å². The van der Waals surface area contributed by atoms with E-state index in [0.29, 0.717) is 17.1 Å². The zero-order chi connectivity index (χ0) is 24.5. The second-order valence-electron chi connectivity index (χ2n) is 9.23. The maximum absolute atomic E-state index is 13.4. The molecule has 1 atom stereocenters. The van der Waals surface area contributed by atoms with E-state index in [1.165, 1.54) is 6.92 Å². The Kier molecular flexibility index (Phi) is 6.15. The number of esters is 1. The monoisotopic (exact) mass is 456 g/mol. The van der Waals surface area contributed by atoms with Crippen LogP contribution >= 0.6 is 0 Å². The van der Waals surface area contributed by atoms with E-state index in [9.17, 15) is 9.59 Å². The quantitative estimate of drug-likeness (QED) is 0.404. The SMILES string of the molecule is COC1(C)C=Cc2oc(=O)c(C3=CC=CC(C)(C)C=C3)c(-c3ccc(OC(C)=O)cc3)c2C=C1. The number of ether oxygens (including phenoxy) is 2. The van der Waals surface area contributed by atoms with Crippen molar-refractivity contribution in [3.8, 4) is 16.9 Å². The van der Waals surface area contributed by atoms with Crippen molar-refractivity contribution in [3.05, 3.63) is 94.1 Å². The minimum atomic E-state index is -0.636. The van der Waals surface area contributed by atoms with Crippen LogP contribution in [0, 0.1) is 5.41 Å². The molecule has 2 aliphatic carbocycles. The molecule has 0 radical (unpaired) electrons. The smallest absolute Gasteiger partial charge is 0.344 e. The molecule has 1 aromatic carbocycles. The Hall–Kier alpha value is -3.70. The van der Waals surface area contributed by atoms with E-state index >= 15 is 0 Å². The van der Waals surface area contributed by atoms with Crippen molar-refractivity contribution >= 4 is 23.7 Å². The summed E-state index contributed by atoms with van der Waals surface area (Å²) in [7, 11) is 1.64. The Balaban J connectivity index is 1.98. The molecule has 0 aliphatic heterocycles. The van der Waals surface area contributed by atoms with E-state index in [0.717, 1.165) is 22.3 Å². The molecule has 0 fully saturated rings. The lowest BCUT2D eigenvalue weighted by molar-refractivity contribution is -0.131. The highest BCUT2D eigenvalue weighted by molar-refractivity contribution is 5.92. The molecule has 0 saturated heterocycles. The lowest BCUT2D eigenvalue weighted by atomic mass is 9.89. The van der Waals surface area contributed by atoms with Crippen molar-refractivity contribution in [2.75, 3.05) is 7.11 Å². The van der Waals surface area contributed by atoms with E-state index < -0.39 is 17.2 Å². The van der Waals surface area contributed by atoms with Gasteiger partial charge >= 0.3 is 11.6 Å². The van der Waals surface area contributed by atoms with Crippen molar-refractivity contribution in [3.63, 3.8) is 0 Å². The standard InChI is InChI=1S/C29H28O5/c1-19(30)33-22-10-8-21(9-11-22)25-23-13-17-29(4,32-5)18-14-24(23)34-27(31)26(25)20-7-6-15-28(2,3)16-12-20/h6-18H,1-5H3. The van der Waals surface area contributed by atoms with Crippen LogP contribution in [0.2, 0.25) is 0 Å². The summed E-state index contributed by atoms with van der Waals surface area (Å²) in [5, 5.41) is 0. The van der Waals surface area contributed by atoms with Gasteiger partial charge in [-0.15, -0.1) is 0 Å². The number of fused-ring (bicyclic) bond motifs is 1. The summed E-state index contributed by atoms with van der Waals surface area (Å²) in [6, 6.07) is 7.12. The van der Waals surface area contributed by atoms with Gasteiger partial charge in [0.15, 0.2) is 0 Å². The van der Waals surface area contributed by atoms with E-state index in [1.807, 2.05) is 55.5 Å². The summed E-state index contributed by atoms with van der Waals surface area (Å²) in [5.41, 5.74) is 2.34. The fourth-order valence-electron chi connectivity index (χ4n) is 3.94. The maximum atomic E-state index is 13.4. The largest absolute Gasteiger partial charge is 0.427 e. The molecule has 0 saturated carbocycles. The molecule has 5 heteroatoms. The van der Waals surface area contributed by atoms with E-state index in [-0.39, 0.29) is 5.41 Å². The lowest BCUT2D eigenvalue weighted by Gasteiger charge is -2.18. The molecule has 1 heterocycles. The van der Waals surface area contributed by atoms with Crippen LogP contribution < -0.4 is 10.4 Å². The molecule has 2 aliphatic rings. The number of methoxy groups -OCH3 is 1. The van der Waals surface area contributed by atoms with Crippen LogP contribution in [-0.2, 0) is 9.53 Å². The first kappa shape index (κ1) is 23.5. The van der Waals surface area contributed by atoms with Crippen molar-refractivity contribution in [1.29, 1.82) is 0 Å². The van der Waals surface area contributed by atoms with Crippen molar-refractivity contribution in [2.45, 2.75) is 33.3 Å². The molecular formula is C29H28O5. The first-order valence-electron chi connectivity index (χ1n) is 11.1. The van der Waals surface area contributed by atoms with Gasteiger partial charge in [0.05, 0.1) is 5.56 Å². The molecule has 2 aromatic rings. The summed E-state index contributed by atoms with van der Waals surface area (Å²) in [4.78, 5) is 24.7. The Morgan fingerprint density at radius 3 is 2.29 bits per heavy atom. The zero-order valence-electron chi connectivity index (χ0n) is 20.0. The van der Waals surface area contributed by atoms with E-state index in [4.69, 9.17) is 13.9 Å². The van der Waals surface area contributed by atoms with Gasteiger partial charge in [0.2, 0.25) is 0 Å². The lowest BCUT2D eigenvalue weighted by Crippen LogP contribution is -2.19. The first-order chi connectivity index (χ1) is 16.1. The van der Waals surface area contributed by atoms with Gasteiger partial charge in [0.25, 0.3) is 0 Å². The summed E-state index contributed by atoms with van der Waals surface area (Å²) < 4.78 is 16.6. The molecule has 0 N–H and O–H groups in total. The molecule has 1 aromatic heterocycles. The average molecular weight is 457 g/mol. The molecule has 5 nitrogen and oxygen atoms in total. The number of allylic oxidation sites excluding steroid dienone is 6. The molecule has 0 bridgehead atoms. The van der Waals surface area contributed by atoms with Gasteiger partial charge in [-0.1, -0.05) is 62.4 Å². The summed E-state index contributed by atoms with van der Waals surface area (Å²) in [5.74, 6) is 0.504. The van der Waals surface area contributed by atoms with Crippen molar-refractivity contribution < 1.29 is 18.7 Å². The van der Waals surface area contributed by atoms with Crippen LogP contribution in [0.5, 0.6) is 5.75 Å². The third-order valence-electron chi connectivity index (χ3n) is 5.97. The van der Waals surface area contributed by atoms with Crippen LogP contribution in [0.1, 0.15) is 44.6 Å². The van der Waals surface area contributed by atoms with Crippen LogP contribution in [0.25, 0.3) is 28.9 Å². The highest BCUT2D eigenvalue weighted by Crippen LogP contribution is 2.38. The van der Waals surface area contributed by atoms with Gasteiger partial charge in [-0.05, 0) is 48.4 Å². The highest BCUT2D eigenvalue weighted by Gasteiger charge is 2.25. The molecule has 0 amide bonds. The Morgan fingerprint density at radius 2 is 1.62 bits per heavy atom. The Morgan fingerprint density at radius 1 is 0.912 bits per heavy atom. The van der Waals surface area contributed by atoms with E-state index in [2.05, 4.69) is 26.0 Å². The molecule has 1 unspecified atom stereocenters. The van der Waals surface area contributed by atoms with Gasteiger partial charge < -0.3 is 13.9 Å². The highest BCUT2D eigenvalue weighted by atomic mass is 16.5. The molecule has 174 valence electrons. The number of hydrogen-bond acceptors (Lipinski definition) is 5. The average Bonchev–Trinajstić information content (AvgIpc) is 3.07. The van der Waals surface area contributed by atoms with Crippen LogP contribution in [0.3, 0.4) is 0 Å². The minimum absolute atomic E-state index is 0.140. The number of rotatable bonds is 4. The van der Waals surface area contributed by atoms with Gasteiger partial charge in [-0.25, -0.2) is 4.79 Å². The molecule has 34 heavy (non-hydrogen) atoms. The summed E-state index contributed by atoms with van der Waals surface area (Å²) in [6.45, 7) is 7.49. The fourth-order valence-corrected chi connectivity index (χ4v) is 3.94. The van der Waals surface area contributed by atoms with Gasteiger partial charge in [-0.3, -0.25) is 4.79 Å². The topological polar surface area (TPSA) is 65.7 Å². The number of carbonyl (C=O) groups excluding carboxylic acids is 1. The molecule has 4 rings (SSSR count). The Labute approximate surface area is 199 Å². The summed E-state index contributed by atoms with van der Waals surface area (Å²) >= 11 is 0. The second-order valence-corrected chi connectivity index (χ2v) is 9.23. The number of benzene rings is 1. The third-order valence-corrected chi connectivity index (χ3v) is 5.97. The van der Waals surface area contributed by atoms with Crippen LogP contribution in [-0.4, -0.2) is 18.7 Å². The van der Waals surface area contributed by atoms with Gasteiger partial charge in [0.1, 0.15) is 17.1 Å². The predicted molar refractivity (Wildman–Crippen MR) is 135 cm³/mol. The number of carbonyl (C=O) groups is 1. The van der Waals surface area contributed by atoms with Crippen molar-refractivity contribution in [1.82, 2.24) is 0 Å². The molecular weight excluding hydrogens is 428 g/mol. The number of hydrogen-bond donors (Lipinski definition) is 0. The fraction of sp³-hybridized carbons (Fsp3) is 0.241.